The molecular formula is C15H20BrNO2. The summed E-state index contributed by atoms with van der Waals surface area (Å²) in [5, 5.41) is 3.12. The SMILES string of the molecule is COc1ccc(Br)c(C(=O)NC2CCC(C)(C)C2)c1. The number of carbonyl (C=O) groups excluding carboxylic acids is 1. The third-order valence-corrected chi connectivity index (χ3v) is 4.41. The van der Waals surface area contributed by atoms with Crippen LogP contribution in [0.5, 0.6) is 5.75 Å². The van der Waals surface area contributed by atoms with Crippen LogP contribution in [0.1, 0.15) is 43.5 Å². The van der Waals surface area contributed by atoms with E-state index in [2.05, 4.69) is 35.1 Å². The van der Waals surface area contributed by atoms with Crippen molar-refractivity contribution in [2.75, 3.05) is 7.11 Å². The molecule has 1 atom stereocenters. The Kier molecular flexibility index (Phi) is 4.19. The van der Waals surface area contributed by atoms with Crippen LogP contribution in [0.3, 0.4) is 0 Å². The van der Waals surface area contributed by atoms with Crippen LogP contribution < -0.4 is 10.1 Å². The average molecular weight is 326 g/mol. The van der Waals surface area contributed by atoms with Gasteiger partial charge in [0.1, 0.15) is 5.75 Å². The number of hydrogen-bond donors (Lipinski definition) is 1. The topological polar surface area (TPSA) is 38.3 Å². The molecule has 19 heavy (non-hydrogen) atoms. The second-order valence-electron chi connectivity index (χ2n) is 5.92. The van der Waals surface area contributed by atoms with Gasteiger partial charge in [-0.3, -0.25) is 4.79 Å². The van der Waals surface area contributed by atoms with Gasteiger partial charge in [0.05, 0.1) is 12.7 Å². The Labute approximate surface area is 122 Å². The minimum Gasteiger partial charge on any atom is -0.497 e. The number of rotatable bonds is 3. The first-order valence-electron chi connectivity index (χ1n) is 6.56. The molecule has 104 valence electrons. The highest BCUT2D eigenvalue weighted by atomic mass is 79.9. The lowest BCUT2D eigenvalue weighted by Crippen LogP contribution is -2.33. The van der Waals surface area contributed by atoms with Gasteiger partial charge in [0.25, 0.3) is 5.91 Å². The maximum Gasteiger partial charge on any atom is 0.252 e. The predicted octanol–water partition coefficient (Wildman–Crippen LogP) is 3.77. The summed E-state index contributed by atoms with van der Waals surface area (Å²) in [4.78, 5) is 12.3. The molecule has 1 aromatic carbocycles. The van der Waals surface area contributed by atoms with Crippen LogP contribution in [-0.4, -0.2) is 19.1 Å². The van der Waals surface area contributed by atoms with Crippen molar-refractivity contribution in [3.8, 4) is 5.75 Å². The molecule has 4 heteroatoms. The lowest BCUT2D eigenvalue weighted by molar-refractivity contribution is 0.0935. The second kappa shape index (κ2) is 5.53. The number of ether oxygens (including phenoxy) is 1. The highest BCUT2D eigenvalue weighted by Gasteiger charge is 2.32. The summed E-state index contributed by atoms with van der Waals surface area (Å²) >= 11 is 3.42. The Hall–Kier alpha value is -1.03. The molecule has 1 aliphatic rings. The molecule has 1 saturated carbocycles. The molecule has 0 bridgehead atoms. The Balaban J connectivity index is 2.08. The Morgan fingerprint density at radius 1 is 1.47 bits per heavy atom. The molecule has 1 aliphatic carbocycles. The van der Waals surface area contributed by atoms with E-state index in [9.17, 15) is 4.79 Å². The molecule has 0 aliphatic heterocycles. The van der Waals surface area contributed by atoms with Crippen molar-refractivity contribution in [1.29, 1.82) is 0 Å². The van der Waals surface area contributed by atoms with Gasteiger partial charge in [-0.2, -0.15) is 0 Å². The maximum absolute atomic E-state index is 12.3. The summed E-state index contributed by atoms with van der Waals surface area (Å²) < 4.78 is 5.96. The van der Waals surface area contributed by atoms with Gasteiger partial charge in [-0.05, 0) is 58.8 Å². The van der Waals surface area contributed by atoms with Crippen molar-refractivity contribution in [1.82, 2.24) is 5.32 Å². The molecule has 3 nitrogen and oxygen atoms in total. The van der Waals surface area contributed by atoms with Gasteiger partial charge in [0.15, 0.2) is 0 Å². The van der Waals surface area contributed by atoms with E-state index in [1.807, 2.05) is 12.1 Å². The minimum absolute atomic E-state index is 0.0338. The Morgan fingerprint density at radius 3 is 2.79 bits per heavy atom. The van der Waals surface area contributed by atoms with Crippen LogP contribution in [0.2, 0.25) is 0 Å². The molecule has 2 rings (SSSR count). The van der Waals surface area contributed by atoms with Gasteiger partial charge in [-0.1, -0.05) is 13.8 Å². The number of nitrogens with one attached hydrogen (secondary N) is 1. The monoisotopic (exact) mass is 325 g/mol. The van der Waals surface area contributed by atoms with Crippen LogP contribution in [0, 0.1) is 5.41 Å². The first-order chi connectivity index (χ1) is 8.91. The first kappa shape index (κ1) is 14.4. The van der Waals surface area contributed by atoms with Crippen molar-refractivity contribution < 1.29 is 9.53 Å². The number of carbonyl (C=O) groups is 1. The minimum atomic E-state index is -0.0338. The zero-order valence-corrected chi connectivity index (χ0v) is 13.2. The van der Waals surface area contributed by atoms with E-state index < -0.39 is 0 Å². The summed E-state index contributed by atoms with van der Waals surface area (Å²) in [6, 6.07) is 5.71. The van der Waals surface area contributed by atoms with E-state index in [-0.39, 0.29) is 11.9 Å². The second-order valence-corrected chi connectivity index (χ2v) is 6.78. The summed E-state index contributed by atoms with van der Waals surface area (Å²) in [7, 11) is 1.60. The van der Waals surface area contributed by atoms with E-state index in [0.717, 1.165) is 23.7 Å². The fourth-order valence-electron chi connectivity index (χ4n) is 2.63. The van der Waals surface area contributed by atoms with Gasteiger partial charge in [0.2, 0.25) is 0 Å². The van der Waals surface area contributed by atoms with Gasteiger partial charge < -0.3 is 10.1 Å². The lowest BCUT2D eigenvalue weighted by atomic mass is 9.92. The molecule has 1 aromatic rings. The molecule has 1 amide bonds. The quantitative estimate of drug-likeness (QED) is 0.918. The van der Waals surface area contributed by atoms with Gasteiger partial charge in [-0.25, -0.2) is 0 Å². The maximum atomic E-state index is 12.3. The van der Waals surface area contributed by atoms with Crippen LogP contribution in [0.25, 0.3) is 0 Å². The van der Waals surface area contributed by atoms with Crippen LogP contribution in [0.4, 0.5) is 0 Å². The molecule has 0 heterocycles. The molecule has 0 aromatic heterocycles. The van der Waals surface area contributed by atoms with E-state index in [4.69, 9.17) is 4.74 Å². The molecule has 0 spiro atoms. The van der Waals surface area contributed by atoms with E-state index in [0.29, 0.717) is 16.7 Å². The molecule has 0 saturated heterocycles. The van der Waals surface area contributed by atoms with E-state index in [1.165, 1.54) is 0 Å². The fourth-order valence-corrected chi connectivity index (χ4v) is 3.05. The number of halogens is 1. The van der Waals surface area contributed by atoms with Crippen LogP contribution >= 0.6 is 15.9 Å². The molecule has 1 unspecified atom stereocenters. The molecular weight excluding hydrogens is 306 g/mol. The smallest absolute Gasteiger partial charge is 0.252 e. The molecule has 0 radical (unpaired) electrons. The Morgan fingerprint density at radius 2 is 2.21 bits per heavy atom. The normalized spacial score (nSPS) is 21.2. The van der Waals surface area contributed by atoms with Crippen molar-refractivity contribution in [2.24, 2.45) is 5.41 Å². The Bertz CT molecular complexity index is 485. The predicted molar refractivity (Wildman–Crippen MR) is 79.6 cm³/mol. The highest BCUT2D eigenvalue weighted by molar-refractivity contribution is 9.10. The van der Waals surface area contributed by atoms with E-state index in [1.54, 1.807) is 13.2 Å². The zero-order valence-electron chi connectivity index (χ0n) is 11.6. The third kappa shape index (κ3) is 3.50. The number of benzene rings is 1. The molecule has 1 fully saturated rings. The summed E-state index contributed by atoms with van der Waals surface area (Å²) in [6.07, 6.45) is 3.26. The highest BCUT2D eigenvalue weighted by Crippen LogP contribution is 2.37. The number of amides is 1. The fraction of sp³-hybridized carbons (Fsp3) is 0.533. The summed E-state index contributed by atoms with van der Waals surface area (Å²) in [6.45, 7) is 4.50. The van der Waals surface area contributed by atoms with E-state index >= 15 is 0 Å². The van der Waals surface area contributed by atoms with Gasteiger partial charge >= 0.3 is 0 Å². The van der Waals surface area contributed by atoms with Crippen LogP contribution in [0.15, 0.2) is 22.7 Å². The largest absolute Gasteiger partial charge is 0.497 e. The molecule has 1 N–H and O–H groups in total. The first-order valence-corrected chi connectivity index (χ1v) is 7.35. The number of hydrogen-bond acceptors (Lipinski definition) is 2. The summed E-state index contributed by atoms with van der Waals surface area (Å²) in [5.41, 5.74) is 0.966. The van der Waals surface area contributed by atoms with Crippen molar-refractivity contribution in [2.45, 2.75) is 39.2 Å². The average Bonchev–Trinajstić information content (AvgIpc) is 2.69. The van der Waals surface area contributed by atoms with Crippen molar-refractivity contribution >= 4 is 21.8 Å². The number of methoxy groups -OCH3 is 1. The lowest BCUT2D eigenvalue weighted by Gasteiger charge is -2.18. The summed E-state index contributed by atoms with van der Waals surface area (Å²) in [5.74, 6) is 0.661. The standard InChI is InChI=1S/C15H20BrNO2/c1-15(2)7-6-10(9-15)17-14(18)12-8-11(19-3)4-5-13(12)16/h4-5,8,10H,6-7,9H2,1-3H3,(H,17,18). The zero-order chi connectivity index (χ0) is 14.0. The van der Waals surface area contributed by atoms with Crippen molar-refractivity contribution in [3.63, 3.8) is 0 Å². The van der Waals surface area contributed by atoms with Gasteiger partial charge in [0, 0.05) is 10.5 Å². The van der Waals surface area contributed by atoms with Gasteiger partial charge in [-0.15, -0.1) is 0 Å². The van der Waals surface area contributed by atoms with Crippen molar-refractivity contribution in [3.05, 3.63) is 28.2 Å². The third-order valence-electron chi connectivity index (χ3n) is 3.72. The van der Waals surface area contributed by atoms with Crippen LogP contribution in [-0.2, 0) is 0 Å².